The van der Waals surface area contributed by atoms with Crippen LogP contribution in [-0.2, 0) is 17.8 Å². The molecule has 2 aromatic heterocycles. The van der Waals surface area contributed by atoms with E-state index >= 15 is 0 Å². The molecule has 2 heterocycles. The minimum absolute atomic E-state index is 0.273. The predicted molar refractivity (Wildman–Crippen MR) is 91.4 cm³/mol. The summed E-state index contributed by atoms with van der Waals surface area (Å²) in [5.74, 6) is -0.456. The number of rotatable bonds is 5. The molecule has 0 saturated carbocycles. The van der Waals surface area contributed by atoms with Crippen molar-refractivity contribution in [1.29, 1.82) is 0 Å². The van der Waals surface area contributed by atoms with Gasteiger partial charge in [-0.1, -0.05) is 30.4 Å². The fraction of sp³-hybridized carbons (Fsp3) is 0.267. The number of amides is 1. The van der Waals surface area contributed by atoms with Crippen molar-refractivity contribution in [1.82, 2.24) is 20.0 Å². The quantitative estimate of drug-likeness (QED) is 0.720. The molecular weight excluding hydrogens is 330 g/mol. The Morgan fingerprint density at radius 3 is 2.75 bits per heavy atom. The van der Waals surface area contributed by atoms with E-state index in [-0.39, 0.29) is 11.9 Å². The van der Waals surface area contributed by atoms with Gasteiger partial charge < -0.3 is 0 Å². The van der Waals surface area contributed by atoms with Crippen LogP contribution in [0.1, 0.15) is 18.4 Å². The predicted octanol–water partition coefficient (Wildman–Crippen LogP) is 1.13. The van der Waals surface area contributed by atoms with Crippen molar-refractivity contribution >= 4 is 33.1 Å². The van der Waals surface area contributed by atoms with Crippen LogP contribution >= 0.6 is 11.3 Å². The fourth-order valence-electron chi connectivity index (χ4n) is 2.28. The van der Waals surface area contributed by atoms with Crippen LogP contribution in [0.4, 0.5) is 5.13 Å². The number of nitrogens with zero attached hydrogens (tertiary/aromatic N) is 3. The number of nitrogens with one attached hydrogen (secondary N) is 2. The summed E-state index contributed by atoms with van der Waals surface area (Å²) in [5.41, 5.74) is -0.844. The fourth-order valence-corrected chi connectivity index (χ4v) is 3.14. The molecule has 0 spiro atoms. The second kappa shape index (κ2) is 6.75. The lowest BCUT2D eigenvalue weighted by Crippen LogP contribution is -2.34. The van der Waals surface area contributed by atoms with E-state index in [1.807, 2.05) is 6.92 Å². The zero-order chi connectivity index (χ0) is 17.1. The largest absolute Gasteiger partial charge is 0.299 e. The molecular formula is C15H15N5O3S. The minimum atomic E-state index is -0.456. The molecule has 8 nitrogen and oxygen atoms in total. The Bertz CT molecular complexity index is 1000. The number of fused-ring (bicyclic) bond motifs is 1. The Kier molecular flexibility index (Phi) is 4.52. The van der Waals surface area contributed by atoms with Gasteiger partial charge in [0.05, 0.1) is 10.8 Å². The molecule has 24 heavy (non-hydrogen) atoms. The van der Waals surface area contributed by atoms with Gasteiger partial charge in [0.15, 0.2) is 0 Å². The molecule has 1 aromatic carbocycles. The molecule has 0 bridgehead atoms. The van der Waals surface area contributed by atoms with Crippen LogP contribution in [0.3, 0.4) is 0 Å². The van der Waals surface area contributed by atoms with E-state index in [1.54, 1.807) is 24.3 Å². The summed E-state index contributed by atoms with van der Waals surface area (Å²) < 4.78 is 0.994. The van der Waals surface area contributed by atoms with Crippen molar-refractivity contribution in [2.75, 3.05) is 5.32 Å². The van der Waals surface area contributed by atoms with Gasteiger partial charge in [0, 0.05) is 6.42 Å². The van der Waals surface area contributed by atoms with Crippen LogP contribution in [0.15, 0.2) is 33.9 Å². The van der Waals surface area contributed by atoms with E-state index in [9.17, 15) is 14.4 Å². The third kappa shape index (κ3) is 3.25. The number of hydrogen-bond acceptors (Lipinski definition) is 6. The molecule has 0 atom stereocenters. The number of carbonyl (C=O) groups excluding carboxylic acids is 1. The number of anilines is 1. The van der Waals surface area contributed by atoms with Crippen LogP contribution in [0.5, 0.6) is 0 Å². The third-order valence-corrected chi connectivity index (χ3v) is 4.26. The molecule has 0 aliphatic heterocycles. The van der Waals surface area contributed by atoms with Crippen molar-refractivity contribution in [3.63, 3.8) is 0 Å². The van der Waals surface area contributed by atoms with E-state index in [1.165, 1.54) is 11.3 Å². The molecule has 124 valence electrons. The maximum Gasteiger partial charge on any atom is 0.273 e. The third-order valence-electron chi connectivity index (χ3n) is 3.36. The van der Waals surface area contributed by atoms with Crippen molar-refractivity contribution < 1.29 is 4.79 Å². The zero-order valence-electron chi connectivity index (χ0n) is 12.9. The summed E-state index contributed by atoms with van der Waals surface area (Å²) >= 11 is 1.29. The Morgan fingerprint density at radius 1 is 1.25 bits per heavy atom. The maximum atomic E-state index is 12.3. The van der Waals surface area contributed by atoms with Gasteiger partial charge in [-0.25, -0.2) is 4.68 Å². The second-order valence-corrected chi connectivity index (χ2v) is 6.24. The van der Waals surface area contributed by atoms with Gasteiger partial charge in [0.25, 0.3) is 11.1 Å². The van der Waals surface area contributed by atoms with Gasteiger partial charge in [0.2, 0.25) is 11.0 Å². The number of carbonyl (C=O) groups is 1. The van der Waals surface area contributed by atoms with Crippen molar-refractivity contribution in [2.24, 2.45) is 0 Å². The van der Waals surface area contributed by atoms with E-state index in [0.29, 0.717) is 10.5 Å². The Balaban J connectivity index is 1.81. The number of H-pyrrole nitrogens is 1. The molecule has 0 radical (unpaired) electrons. The average Bonchev–Trinajstić information content (AvgIpc) is 3.00. The molecule has 0 aliphatic carbocycles. The normalized spacial score (nSPS) is 10.9. The van der Waals surface area contributed by atoms with Crippen molar-refractivity contribution in [3.8, 4) is 0 Å². The average molecular weight is 345 g/mol. The van der Waals surface area contributed by atoms with Gasteiger partial charge in [-0.05, 0) is 18.6 Å². The molecule has 9 heteroatoms. The number of aryl methyl sites for hydroxylation is 1. The van der Waals surface area contributed by atoms with Gasteiger partial charge >= 0.3 is 0 Å². The van der Waals surface area contributed by atoms with E-state index in [2.05, 4.69) is 20.6 Å². The number of aromatic nitrogens is 4. The minimum Gasteiger partial charge on any atom is -0.299 e. The molecule has 0 saturated heterocycles. The molecule has 3 aromatic rings. The molecule has 3 rings (SSSR count). The lowest BCUT2D eigenvalue weighted by molar-refractivity contribution is -0.117. The first-order valence-electron chi connectivity index (χ1n) is 7.42. The number of hydrogen-bond donors (Lipinski definition) is 2. The standard InChI is InChI=1S/C15H15N5O3S/c1-2-5-12-17-18-15(24-12)16-11(21)8-20-14(23)10-7-4-3-6-9(10)13(22)19-20/h3-4,6-7H,2,5,8H2,1H3,(H,19,22)(H,16,18,21). The van der Waals surface area contributed by atoms with Crippen molar-refractivity contribution in [3.05, 3.63) is 50.0 Å². The van der Waals surface area contributed by atoms with Gasteiger partial charge in [-0.3, -0.25) is 24.8 Å². The maximum absolute atomic E-state index is 12.3. The summed E-state index contributed by atoms with van der Waals surface area (Å²) in [6.45, 7) is 1.73. The smallest absolute Gasteiger partial charge is 0.273 e. The lowest BCUT2D eigenvalue weighted by atomic mass is 10.2. The molecule has 0 aliphatic rings. The Labute approximate surface area is 140 Å². The van der Waals surface area contributed by atoms with Crippen LogP contribution < -0.4 is 16.4 Å². The summed E-state index contributed by atoms with van der Waals surface area (Å²) in [6, 6.07) is 6.47. The highest BCUT2D eigenvalue weighted by Gasteiger charge is 2.12. The highest BCUT2D eigenvalue weighted by Crippen LogP contribution is 2.16. The molecule has 1 amide bonds. The summed E-state index contributed by atoms with van der Waals surface area (Å²) in [7, 11) is 0. The highest BCUT2D eigenvalue weighted by molar-refractivity contribution is 7.15. The summed E-state index contributed by atoms with van der Waals surface area (Å²) in [6.07, 6.45) is 1.74. The topological polar surface area (TPSA) is 110 Å². The van der Waals surface area contributed by atoms with E-state index in [4.69, 9.17) is 0 Å². The summed E-state index contributed by atoms with van der Waals surface area (Å²) in [4.78, 5) is 36.4. The summed E-state index contributed by atoms with van der Waals surface area (Å²) in [5, 5.41) is 14.6. The van der Waals surface area contributed by atoms with Crippen LogP contribution in [-0.4, -0.2) is 25.9 Å². The number of benzene rings is 1. The van der Waals surface area contributed by atoms with E-state index < -0.39 is 17.0 Å². The van der Waals surface area contributed by atoms with Gasteiger partial charge in [0.1, 0.15) is 11.6 Å². The Morgan fingerprint density at radius 2 is 2.00 bits per heavy atom. The molecule has 0 fully saturated rings. The first kappa shape index (κ1) is 16.1. The zero-order valence-corrected chi connectivity index (χ0v) is 13.7. The Hall–Kier alpha value is -2.81. The number of aromatic amines is 1. The molecule has 0 unspecified atom stereocenters. The second-order valence-electron chi connectivity index (χ2n) is 5.18. The van der Waals surface area contributed by atoms with Crippen LogP contribution in [0.25, 0.3) is 10.8 Å². The highest BCUT2D eigenvalue weighted by atomic mass is 32.1. The van der Waals surface area contributed by atoms with Crippen LogP contribution in [0, 0.1) is 0 Å². The van der Waals surface area contributed by atoms with Gasteiger partial charge in [-0.15, -0.1) is 10.2 Å². The first-order chi connectivity index (χ1) is 11.6. The SMILES string of the molecule is CCCc1nnc(NC(=O)Cn2[nH]c(=O)c3ccccc3c2=O)s1. The molecule has 2 N–H and O–H groups in total. The van der Waals surface area contributed by atoms with Crippen LogP contribution in [0.2, 0.25) is 0 Å². The van der Waals surface area contributed by atoms with Gasteiger partial charge in [-0.2, -0.15) is 0 Å². The first-order valence-corrected chi connectivity index (χ1v) is 8.24. The van der Waals surface area contributed by atoms with E-state index in [0.717, 1.165) is 22.5 Å². The lowest BCUT2D eigenvalue weighted by Gasteiger charge is -2.06. The monoisotopic (exact) mass is 345 g/mol. The van der Waals surface area contributed by atoms with Crippen molar-refractivity contribution in [2.45, 2.75) is 26.3 Å².